The standard InChI is InChI=1S/C18H21N3/c1-2-15-14-12-19-11-8-16(14)21-17(20-15)18(9-10-18)13-6-4-3-5-7-13/h3-7,19H,2,8-12H2,1H3. The highest BCUT2D eigenvalue weighted by Gasteiger charge is 2.49. The maximum atomic E-state index is 4.98. The van der Waals surface area contributed by atoms with Gasteiger partial charge in [0.1, 0.15) is 5.82 Å². The highest BCUT2D eigenvalue weighted by Crippen LogP contribution is 2.52. The molecule has 1 saturated carbocycles. The molecule has 2 aliphatic rings. The first-order valence-corrected chi connectivity index (χ1v) is 7.99. The first kappa shape index (κ1) is 13.0. The minimum atomic E-state index is 0.0884. The van der Waals surface area contributed by atoms with Crippen LogP contribution in [0.1, 0.15) is 48.1 Å². The molecule has 0 amide bonds. The first-order chi connectivity index (χ1) is 10.3. The Hall–Kier alpha value is -1.74. The van der Waals surface area contributed by atoms with Crippen LogP contribution >= 0.6 is 0 Å². The van der Waals surface area contributed by atoms with Crippen molar-refractivity contribution in [1.29, 1.82) is 0 Å². The Kier molecular flexibility index (Phi) is 3.03. The van der Waals surface area contributed by atoms with Gasteiger partial charge in [0.05, 0.1) is 11.1 Å². The normalized spacial score (nSPS) is 19.1. The third-order valence-electron chi connectivity index (χ3n) is 4.86. The smallest absolute Gasteiger partial charge is 0.139 e. The topological polar surface area (TPSA) is 37.8 Å². The second kappa shape index (κ2) is 4.92. The van der Waals surface area contributed by atoms with E-state index in [9.17, 15) is 0 Å². The second-order valence-electron chi connectivity index (χ2n) is 6.15. The van der Waals surface area contributed by atoms with E-state index in [1.165, 1.54) is 35.4 Å². The summed E-state index contributed by atoms with van der Waals surface area (Å²) in [6.45, 7) is 4.16. The fourth-order valence-corrected chi connectivity index (χ4v) is 3.44. The lowest BCUT2D eigenvalue weighted by Gasteiger charge is -2.22. The average molecular weight is 279 g/mol. The Morgan fingerprint density at radius 1 is 1.14 bits per heavy atom. The Morgan fingerprint density at radius 3 is 2.67 bits per heavy atom. The van der Waals surface area contributed by atoms with Crippen LogP contribution in [0.15, 0.2) is 30.3 Å². The van der Waals surface area contributed by atoms with Gasteiger partial charge in [-0.2, -0.15) is 0 Å². The zero-order valence-electron chi connectivity index (χ0n) is 12.5. The van der Waals surface area contributed by atoms with Crippen LogP contribution in [-0.2, 0) is 24.8 Å². The van der Waals surface area contributed by atoms with Gasteiger partial charge in [0, 0.05) is 30.8 Å². The molecule has 1 N–H and O–H groups in total. The van der Waals surface area contributed by atoms with Crippen LogP contribution in [-0.4, -0.2) is 16.5 Å². The van der Waals surface area contributed by atoms with E-state index < -0.39 is 0 Å². The summed E-state index contributed by atoms with van der Waals surface area (Å²) in [5.74, 6) is 1.06. The summed E-state index contributed by atoms with van der Waals surface area (Å²) in [6.07, 6.45) is 4.38. The van der Waals surface area contributed by atoms with Gasteiger partial charge in [-0.1, -0.05) is 37.3 Å². The SMILES string of the molecule is CCc1nc(C2(c3ccccc3)CC2)nc2c1CNCC2. The van der Waals surface area contributed by atoms with Gasteiger partial charge in [-0.15, -0.1) is 0 Å². The molecule has 1 aliphatic carbocycles. The van der Waals surface area contributed by atoms with Crippen molar-refractivity contribution in [3.8, 4) is 0 Å². The summed E-state index contributed by atoms with van der Waals surface area (Å²) >= 11 is 0. The number of hydrogen-bond acceptors (Lipinski definition) is 3. The minimum absolute atomic E-state index is 0.0884. The number of benzene rings is 1. The number of hydrogen-bond donors (Lipinski definition) is 1. The van der Waals surface area contributed by atoms with Gasteiger partial charge in [-0.25, -0.2) is 9.97 Å². The Labute approximate surface area is 125 Å². The molecule has 0 saturated heterocycles. The lowest BCUT2D eigenvalue weighted by atomic mass is 9.93. The van der Waals surface area contributed by atoms with E-state index >= 15 is 0 Å². The molecule has 1 aliphatic heterocycles. The predicted octanol–water partition coefficient (Wildman–Crippen LogP) is 2.76. The highest BCUT2D eigenvalue weighted by atomic mass is 15.0. The predicted molar refractivity (Wildman–Crippen MR) is 83.3 cm³/mol. The van der Waals surface area contributed by atoms with Crippen molar-refractivity contribution >= 4 is 0 Å². The minimum Gasteiger partial charge on any atom is -0.312 e. The summed E-state index contributed by atoms with van der Waals surface area (Å²) in [6, 6.07) is 10.8. The zero-order chi connectivity index (χ0) is 14.3. The van der Waals surface area contributed by atoms with E-state index in [1.807, 2.05) is 0 Å². The van der Waals surface area contributed by atoms with Gasteiger partial charge in [0.15, 0.2) is 0 Å². The molecular formula is C18H21N3. The van der Waals surface area contributed by atoms with Crippen LogP contribution in [0.4, 0.5) is 0 Å². The molecule has 2 aromatic rings. The zero-order valence-corrected chi connectivity index (χ0v) is 12.5. The van der Waals surface area contributed by atoms with Crippen molar-refractivity contribution in [2.75, 3.05) is 6.54 Å². The van der Waals surface area contributed by atoms with Crippen molar-refractivity contribution in [3.63, 3.8) is 0 Å². The maximum Gasteiger partial charge on any atom is 0.139 e. The number of aryl methyl sites for hydroxylation is 1. The lowest BCUT2D eigenvalue weighted by molar-refractivity contribution is 0.601. The molecule has 0 bridgehead atoms. The summed E-state index contributed by atoms with van der Waals surface area (Å²) in [7, 11) is 0. The summed E-state index contributed by atoms with van der Waals surface area (Å²) in [5.41, 5.74) is 5.32. The quantitative estimate of drug-likeness (QED) is 0.939. The van der Waals surface area contributed by atoms with Gasteiger partial charge < -0.3 is 5.32 Å². The van der Waals surface area contributed by atoms with Crippen LogP contribution in [0.25, 0.3) is 0 Å². The lowest BCUT2D eigenvalue weighted by Crippen LogP contribution is -2.28. The van der Waals surface area contributed by atoms with E-state index in [4.69, 9.17) is 9.97 Å². The molecule has 2 heterocycles. The fraction of sp³-hybridized carbons (Fsp3) is 0.444. The average Bonchev–Trinajstić information content (AvgIpc) is 3.36. The number of fused-ring (bicyclic) bond motifs is 1. The second-order valence-corrected chi connectivity index (χ2v) is 6.15. The van der Waals surface area contributed by atoms with E-state index in [2.05, 4.69) is 42.6 Å². The van der Waals surface area contributed by atoms with E-state index in [0.717, 1.165) is 31.8 Å². The fourth-order valence-electron chi connectivity index (χ4n) is 3.44. The summed E-state index contributed by atoms with van der Waals surface area (Å²) in [4.78, 5) is 9.95. The Balaban J connectivity index is 1.82. The van der Waals surface area contributed by atoms with Crippen LogP contribution in [0.3, 0.4) is 0 Å². The van der Waals surface area contributed by atoms with Gasteiger partial charge in [0.25, 0.3) is 0 Å². The molecule has 0 radical (unpaired) electrons. The highest BCUT2D eigenvalue weighted by molar-refractivity contribution is 5.41. The molecule has 3 heteroatoms. The van der Waals surface area contributed by atoms with Crippen molar-refractivity contribution < 1.29 is 0 Å². The summed E-state index contributed by atoms with van der Waals surface area (Å²) < 4.78 is 0. The summed E-state index contributed by atoms with van der Waals surface area (Å²) in [5, 5.41) is 3.44. The van der Waals surface area contributed by atoms with Gasteiger partial charge in [-0.05, 0) is 24.8 Å². The van der Waals surface area contributed by atoms with Crippen LogP contribution in [0.2, 0.25) is 0 Å². The van der Waals surface area contributed by atoms with Crippen molar-refractivity contribution in [2.45, 2.75) is 44.6 Å². The van der Waals surface area contributed by atoms with Crippen LogP contribution < -0.4 is 5.32 Å². The monoisotopic (exact) mass is 279 g/mol. The molecule has 4 rings (SSSR count). The van der Waals surface area contributed by atoms with Crippen molar-refractivity contribution in [1.82, 2.24) is 15.3 Å². The third kappa shape index (κ3) is 2.07. The molecule has 0 atom stereocenters. The van der Waals surface area contributed by atoms with Gasteiger partial charge in [-0.3, -0.25) is 0 Å². The van der Waals surface area contributed by atoms with Crippen LogP contribution in [0.5, 0.6) is 0 Å². The number of nitrogens with one attached hydrogen (secondary N) is 1. The largest absolute Gasteiger partial charge is 0.312 e. The number of aromatic nitrogens is 2. The van der Waals surface area contributed by atoms with Gasteiger partial charge in [0.2, 0.25) is 0 Å². The number of rotatable bonds is 3. The molecule has 1 aromatic heterocycles. The molecule has 1 fully saturated rings. The molecule has 108 valence electrons. The van der Waals surface area contributed by atoms with E-state index in [-0.39, 0.29) is 5.41 Å². The van der Waals surface area contributed by atoms with Gasteiger partial charge >= 0.3 is 0 Å². The molecule has 0 unspecified atom stereocenters. The van der Waals surface area contributed by atoms with E-state index in [1.54, 1.807) is 0 Å². The maximum absolute atomic E-state index is 4.98. The Bertz CT molecular complexity index is 642. The molecule has 3 nitrogen and oxygen atoms in total. The molecular weight excluding hydrogens is 258 g/mol. The number of nitrogens with zero attached hydrogens (tertiary/aromatic N) is 2. The molecule has 0 spiro atoms. The van der Waals surface area contributed by atoms with Crippen molar-refractivity contribution in [3.05, 3.63) is 58.7 Å². The third-order valence-corrected chi connectivity index (χ3v) is 4.86. The van der Waals surface area contributed by atoms with Crippen LogP contribution in [0, 0.1) is 0 Å². The van der Waals surface area contributed by atoms with Crippen molar-refractivity contribution in [2.24, 2.45) is 0 Å². The van der Waals surface area contributed by atoms with E-state index in [0.29, 0.717) is 0 Å². The first-order valence-electron chi connectivity index (χ1n) is 7.99. The molecule has 1 aromatic carbocycles. The molecule has 21 heavy (non-hydrogen) atoms. The Morgan fingerprint density at radius 2 is 1.95 bits per heavy atom.